The van der Waals surface area contributed by atoms with Crippen LogP contribution in [0.1, 0.15) is 32.6 Å². The second-order valence-electron chi connectivity index (χ2n) is 5.31. The van der Waals surface area contributed by atoms with Gasteiger partial charge in [-0.2, -0.15) is 0 Å². The van der Waals surface area contributed by atoms with Crippen LogP contribution in [0, 0.1) is 11.8 Å². The first-order chi connectivity index (χ1) is 8.27. The van der Waals surface area contributed by atoms with Crippen molar-refractivity contribution < 1.29 is 9.53 Å². The van der Waals surface area contributed by atoms with E-state index in [1.165, 1.54) is 12.8 Å². The minimum atomic E-state index is 0.155. The van der Waals surface area contributed by atoms with E-state index in [9.17, 15) is 4.79 Å². The molecule has 2 aliphatic rings. The highest BCUT2D eigenvalue weighted by molar-refractivity contribution is 5.79. The molecule has 2 heterocycles. The molecule has 0 saturated carbocycles. The van der Waals surface area contributed by atoms with E-state index in [-0.39, 0.29) is 11.8 Å². The van der Waals surface area contributed by atoms with Crippen molar-refractivity contribution in [3.8, 4) is 0 Å². The lowest BCUT2D eigenvalue weighted by Crippen LogP contribution is -2.36. The van der Waals surface area contributed by atoms with Crippen LogP contribution < -0.4 is 10.6 Å². The van der Waals surface area contributed by atoms with E-state index in [1.54, 1.807) is 0 Å². The van der Waals surface area contributed by atoms with Gasteiger partial charge in [0.15, 0.2) is 0 Å². The van der Waals surface area contributed by atoms with Crippen molar-refractivity contribution in [2.24, 2.45) is 11.8 Å². The standard InChI is InChI=1S/C13H24N2O2/c1-10-8-14-9-12(10)13(16)15-6-5-11-4-2-3-7-17-11/h10-12,14H,2-9H2,1H3,(H,15,16). The van der Waals surface area contributed by atoms with Gasteiger partial charge in [-0.1, -0.05) is 6.92 Å². The van der Waals surface area contributed by atoms with Crippen LogP contribution in [-0.2, 0) is 9.53 Å². The molecule has 2 N–H and O–H groups in total. The van der Waals surface area contributed by atoms with Gasteiger partial charge in [-0.3, -0.25) is 4.79 Å². The van der Waals surface area contributed by atoms with E-state index in [1.807, 2.05) is 0 Å². The van der Waals surface area contributed by atoms with E-state index >= 15 is 0 Å². The Hall–Kier alpha value is -0.610. The highest BCUT2D eigenvalue weighted by Crippen LogP contribution is 2.17. The van der Waals surface area contributed by atoms with E-state index in [0.29, 0.717) is 12.0 Å². The fourth-order valence-electron chi connectivity index (χ4n) is 2.68. The Kier molecular flexibility index (Phi) is 4.80. The predicted molar refractivity (Wildman–Crippen MR) is 66.7 cm³/mol. The van der Waals surface area contributed by atoms with Crippen LogP contribution in [0.2, 0.25) is 0 Å². The van der Waals surface area contributed by atoms with Crippen molar-refractivity contribution >= 4 is 5.91 Å². The first-order valence-corrected chi connectivity index (χ1v) is 6.87. The molecule has 2 aliphatic heterocycles. The molecule has 0 radical (unpaired) electrons. The lowest BCUT2D eigenvalue weighted by Gasteiger charge is -2.23. The minimum Gasteiger partial charge on any atom is -0.378 e. The topological polar surface area (TPSA) is 50.4 Å². The average molecular weight is 240 g/mol. The fraction of sp³-hybridized carbons (Fsp3) is 0.923. The third kappa shape index (κ3) is 3.68. The van der Waals surface area contributed by atoms with E-state index in [4.69, 9.17) is 4.74 Å². The minimum absolute atomic E-state index is 0.155. The summed E-state index contributed by atoms with van der Waals surface area (Å²) < 4.78 is 5.64. The Bertz CT molecular complexity index is 252. The van der Waals surface area contributed by atoms with Crippen LogP contribution in [0.4, 0.5) is 0 Å². The van der Waals surface area contributed by atoms with Gasteiger partial charge < -0.3 is 15.4 Å². The SMILES string of the molecule is CC1CNCC1C(=O)NCCC1CCCCO1. The molecule has 0 spiro atoms. The van der Waals surface area contributed by atoms with Crippen LogP contribution in [0.25, 0.3) is 0 Å². The molecule has 2 fully saturated rings. The Balaban J connectivity index is 1.62. The van der Waals surface area contributed by atoms with Gasteiger partial charge in [0.05, 0.1) is 12.0 Å². The van der Waals surface area contributed by atoms with Crippen LogP contribution in [0.3, 0.4) is 0 Å². The lowest BCUT2D eigenvalue weighted by molar-refractivity contribution is -0.125. The molecule has 0 bridgehead atoms. The Morgan fingerprint density at radius 1 is 1.41 bits per heavy atom. The number of hydrogen-bond acceptors (Lipinski definition) is 3. The molecule has 0 aromatic rings. The number of ether oxygens (including phenoxy) is 1. The monoisotopic (exact) mass is 240 g/mol. The Morgan fingerprint density at radius 2 is 2.29 bits per heavy atom. The zero-order valence-corrected chi connectivity index (χ0v) is 10.7. The summed E-state index contributed by atoms with van der Waals surface area (Å²) in [6.45, 7) is 5.57. The largest absolute Gasteiger partial charge is 0.378 e. The van der Waals surface area contributed by atoms with Crippen molar-refractivity contribution in [2.45, 2.75) is 38.7 Å². The van der Waals surface area contributed by atoms with Crippen molar-refractivity contribution in [1.82, 2.24) is 10.6 Å². The summed E-state index contributed by atoms with van der Waals surface area (Å²) in [5.74, 6) is 0.821. The highest BCUT2D eigenvalue weighted by atomic mass is 16.5. The van der Waals surface area contributed by atoms with Crippen LogP contribution in [-0.4, -0.2) is 38.3 Å². The third-order valence-electron chi connectivity index (χ3n) is 3.89. The molecule has 4 heteroatoms. The molecule has 4 nitrogen and oxygen atoms in total. The van der Waals surface area contributed by atoms with Crippen LogP contribution in [0.5, 0.6) is 0 Å². The zero-order chi connectivity index (χ0) is 12.1. The summed E-state index contributed by atoms with van der Waals surface area (Å²) >= 11 is 0. The number of nitrogens with one attached hydrogen (secondary N) is 2. The zero-order valence-electron chi connectivity index (χ0n) is 10.7. The van der Waals surface area contributed by atoms with Gasteiger partial charge in [0.25, 0.3) is 0 Å². The molecule has 3 unspecified atom stereocenters. The van der Waals surface area contributed by atoms with Gasteiger partial charge in [0, 0.05) is 19.7 Å². The third-order valence-corrected chi connectivity index (χ3v) is 3.89. The summed E-state index contributed by atoms with van der Waals surface area (Å²) in [4.78, 5) is 11.9. The molecule has 1 amide bonds. The normalized spacial score (nSPS) is 33.6. The first-order valence-electron chi connectivity index (χ1n) is 6.87. The molecule has 2 saturated heterocycles. The maximum absolute atomic E-state index is 11.9. The first kappa shape index (κ1) is 12.8. The van der Waals surface area contributed by atoms with Crippen LogP contribution in [0.15, 0.2) is 0 Å². The maximum atomic E-state index is 11.9. The molecule has 98 valence electrons. The molecule has 2 rings (SSSR count). The smallest absolute Gasteiger partial charge is 0.224 e. The summed E-state index contributed by atoms with van der Waals surface area (Å²) in [5, 5.41) is 6.30. The second-order valence-corrected chi connectivity index (χ2v) is 5.31. The number of amides is 1. The van der Waals surface area contributed by atoms with E-state index in [0.717, 1.165) is 39.1 Å². The highest BCUT2D eigenvalue weighted by Gasteiger charge is 2.29. The predicted octanol–water partition coefficient (Wildman–Crippen LogP) is 0.917. The van der Waals surface area contributed by atoms with Gasteiger partial charge in [0.2, 0.25) is 5.91 Å². The summed E-state index contributed by atoms with van der Waals surface area (Å²) in [5.41, 5.74) is 0. The number of rotatable bonds is 4. The van der Waals surface area contributed by atoms with Gasteiger partial charge in [-0.05, 0) is 38.1 Å². The van der Waals surface area contributed by atoms with Crippen molar-refractivity contribution in [3.05, 3.63) is 0 Å². The fourth-order valence-corrected chi connectivity index (χ4v) is 2.68. The quantitative estimate of drug-likeness (QED) is 0.768. The van der Waals surface area contributed by atoms with E-state index < -0.39 is 0 Å². The number of hydrogen-bond donors (Lipinski definition) is 2. The summed E-state index contributed by atoms with van der Waals surface area (Å²) in [6, 6.07) is 0. The van der Waals surface area contributed by atoms with Crippen molar-refractivity contribution in [1.29, 1.82) is 0 Å². The van der Waals surface area contributed by atoms with Crippen LogP contribution >= 0.6 is 0 Å². The van der Waals surface area contributed by atoms with Gasteiger partial charge in [0.1, 0.15) is 0 Å². The molecular formula is C13H24N2O2. The van der Waals surface area contributed by atoms with Gasteiger partial charge in [-0.15, -0.1) is 0 Å². The van der Waals surface area contributed by atoms with Gasteiger partial charge in [-0.25, -0.2) is 0 Å². The maximum Gasteiger partial charge on any atom is 0.224 e. The molecule has 0 aromatic heterocycles. The van der Waals surface area contributed by atoms with Gasteiger partial charge >= 0.3 is 0 Å². The van der Waals surface area contributed by atoms with Crippen molar-refractivity contribution in [2.75, 3.05) is 26.2 Å². The number of carbonyl (C=O) groups is 1. The Morgan fingerprint density at radius 3 is 2.94 bits per heavy atom. The number of carbonyl (C=O) groups excluding carboxylic acids is 1. The average Bonchev–Trinajstić information content (AvgIpc) is 2.77. The van der Waals surface area contributed by atoms with E-state index in [2.05, 4.69) is 17.6 Å². The molecule has 0 aromatic carbocycles. The van der Waals surface area contributed by atoms with Crippen molar-refractivity contribution in [3.63, 3.8) is 0 Å². The molecule has 3 atom stereocenters. The second kappa shape index (κ2) is 6.36. The summed E-state index contributed by atoms with van der Waals surface area (Å²) in [7, 11) is 0. The Labute approximate surface area is 103 Å². The molecular weight excluding hydrogens is 216 g/mol. The lowest BCUT2D eigenvalue weighted by atomic mass is 9.97. The molecule has 0 aliphatic carbocycles. The summed E-state index contributed by atoms with van der Waals surface area (Å²) in [6.07, 6.45) is 4.93. The molecule has 17 heavy (non-hydrogen) atoms.